The first kappa shape index (κ1) is 15.9. The molecule has 8 heteroatoms. The van der Waals surface area contributed by atoms with Crippen LogP contribution in [0.15, 0.2) is 48.4 Å². The monoisotopic (exact) mass is 341 g/mol. The molecule has 0 bridgehead atoms. The molecule has 0 saturated carbocycles. The Balaban J connectivity index is 1.66. The third-order valence-electron chi connectivity index (χ3n) is 3.15. The van der Waals surface area contributed by atoms with E-state index in [4.69, 9.17) is 0 Å². The molecule has 3 rings (SSSR count). The normalized spacial score (nSPS) is 10.4. The SMILES string of the molecule is CC(=O)Nc1ccc(-n2cnc(C(=O)NCc3cccs3)c2)nc1. The third kappa shape index (κ3) is 3.85. The smallest absolute Gasteiger partial charge is 0.271 e. The molecule has 122 valence electrons. The minimum absolute atomic E-state index is 0.156. The van der Waals surface area contributed by atoms with E-state index in [0.29, 0.717) is 23.7 Å². The summed E-state index contributed by atoms with van der Waals surface area (Å²) in [4.78, 5) is 32.5. The van der Waals surface area contributed by atoms with Crippen molar-refractivity contribution in [2.24, 2.45) is 0 Å². The van der Waals surface area contributed by atoms with Gasteiger partial charge < -0.3 is 10.6 Å². The molecule has 3 aromatic heterocycles. The molecule has 7 nitrogen and oxygen atoms in total. The van der Waals surface area contributed by atoms with Crippen LogP contribution in [0.1, 0.15) is 22.3 Å². The van der Waals surface area contributed by atoms with Crippen molar-refractivity contribution in [1.82, 2.24) is 19.9 Å². The first-order valence-corrected chi connectivity index (χ1v) is 8.08. The maximum Gasteiger partial charge on any atom is 0.271 e. The van der Waals surface area contributed by atoms with Crippen LogP contribution in [-0.4, -0.2) is 26.3 Å². The zero-order chi connectivity index (χ0) is 16.9. The van der Waals surface area contributed by atoms with E-state index in [2.05, 4.69) is 20.6 Å². The molecule has 0 aromatic carbocycles. The number of aromatic nitrogens is 3. The van der Waals surface area contributed by atoms with E-state index in [1.54, 1.807) is 40.4 Å². The molecule has 0 radical (unpaired) electrons. The van der Waals surface area contributed by atoms with E-state index in [0.717, 1.165) is 4.88 Å². The van der Waals surface area contributed by atoms with Crippen molar-refractivity contribution in [3.05, 3.63) is 58.9 Å². The number of anilines is 1. The Hall–Kier alpha value is -3.00. The fourth-order valence-corrected chi connectivity index (χ4v) is 2.70. The fourth-order valence-electron chi connectivity index (χ4n) is 2.05. The summed E-state index contributed by atoms with van der Waals surface area (Å²) in [5.74, 6) is 0.211. The minimum Gasteiger partial charge on any atom is -0.346 e. The molecule has 0 unspecified atom stereocenters. The second kappa shape index (κ2) is 7.05. The quantitative estimate of drug-likeness (QED) is 0.745. The van der Waals surface area contributed by atoms with Gasteiger partial charge in [-0.2, -0.15) is 0 Å². The van der Waals surface area contributed by atoms with Gasteiger partial charge in [-0.05, 0) is 23.6 Å². The molecule has 0 fully saturated rings. The molecule has 0 aliphatic carbocycles. The van der Waals surface area contributed by atoms with Crippen LogP contribution in [-0.2, 0) is 11.3 Å². The summed E-state index contributed by atoms with van der Waals surface area (Å²) in [5, 5.41) is 7.44. The van der Waals surface area contributed by atoms with Gasteiger partial charge in [-0.1, -0.05) is 6.07 Å². The van der Waals surface area contributed by atoms with Gasteiger partial charge >= 0.3 is 0 Å². The van der Waals surface area contributed by atoms with Gasteiger partial charge in [0.05, 0.1) is 18.4 Å². The molecule has 0 atom stereocenters. The lowest BCUT2D eigenvalue weighted by Gasteiger charge is -2.04. The van der Waals surface area contributed by atoms with E-state index in [-0.39, 0.29) is 11.8 Å². The molecular formula is C16H15N5O2S. The van der Waals surface area contributed by atoms with Gasteiger partial charge in [-0.15, -0.1) is 11.3 Å². The summed E-state index contributed by atoms with van der Waals surface area (Å²) in [6.45, 7) is 1.91. The van der Waals surface area contributed by atoms with Gasteiger partial charge in [-0.3, -0.25) is 14.2 Å². The van der Waals surface area contributed by atoms with Gasteiger partial charge in [0, 0.05) is 18.0 Å². The number of nitrogens with zero attached hydrogens (tertiary/aromatic N) is 3. The van der Waals surface area contributed by atoms with Crippen LogP contribution in [0.25, 0.3) is 5.82 Å². The molecule has 3 aromatic rings. The van der Waals surface area contributed by atoms with Crippen LogP contribution in [0, 0.1) is 0 Å². The van der Waals surface area contributed by atoms with Crippen LogP contribution in [0.5, 0.6) is 0 Å². The lowest BCUT2D eigenvalue weighted by Crippen LogP contribution is -2.22. The molecule has 3 heterocycles. The second-order valence-electron chi connectivity index (χ2n) is 5.01. The standard InChI is InChI=1S/C16H15N5O2S/c1-11(22)20-12-4-5-15(17-7-12)21-9-14(19-10-21)16(23)18-8-13-3-2-6-24-13/h2-7,9-10H,8H2,1H3,(H,18,23)(H,20,22). The van der Waals surface area contributed by atoms with Gasteiger partial charge in [0.15, 0.2) is 0 Å². The van der Waals surface area contributed by atoms with Crippen molar-refractivity contribution in [2.45, 2.75) is 13.5 Å². The highest BCUT2D eigenvalue weighted by molar-refractivity contribution is 7.09. The van der Waals surface area contributed by atoms with Gasteiger partial charge in [-0.25, -0.2) is 9.97 Å². The number of carbonyl (C=O) groups is 2. The van der Waals surface area contributed by atoms with E-state index in [1.165, 1.54) is 13.3 Å². The number of pyridine rings is 1. The number of hydrogen-bond acceptors (Lipinski definition) is 5. The predicted molar refractivity (Wildman–Crippen MR) is 91.2 cm³/mol. The number of carbonyl (C=O) groups excluding carboxylic acids is 2. The average molecular weight is 341 g/mol. The molecule has 2 N–H and O–H groups in total. The van der Waals surface area contributed by atoms with Crippen LogP contribution in [0.2, 0.25) is 0 Å². The Morgan fingerprint density at radius 1 is 1.25 bits per heavy atom. The Morgan fingerprint density at radius 2 is 2.12 bits per heavy atom. The fraction of sp³-hybridized carbons (Fsp3) is 0.125. The number of thiophene rings is 1. The summed E-state index contributed by atoms with van der Waals surface area (Å²) in [5.41, 5.74) is 0.930. The third-order valence-corrected chi connectivity index (χ3v) is 4.03. The Labute approximate surface area is 142 Å². The Bertz CT molecular complexity index is 840. The molecule has 2 amide bonds. The Morgan fingerprint density at radius 3 is 2.79 bits per heavy atom. The first-order chi connectivity index (χ1) is 11.6. The average Bonchev–Trinajstić information content (AvgIpc) is 3.24. The zero-order valence-electron chi connectivity index (χ0n) is 12.9. The van der Waals surface area contributed by atoms with E-state index in [9.17, 15) is 9.59 Å². The molecular weight excluding hydrogens is 326 g/mol. The van der Waals surface area contributed by atoms with Crippen LogP contribution < -0.4 is 10.6 Å². The van der Waals surface area contributed by atoms with Crippen molar-refractivity contribution in [1.29, 1.82) is 0 Å². The van der Waals surface area contributed by atoms with Gasteiger partial charge in [0.2, 0.25) is 5.91 Å². The topological polar surface area (TPSA) is 88.9 Å². The summed E-state index contributed by atoms with van der Waals surface area (Å²) < 4.78 is 1.65. The highest BCUT2D eigenvalue weighted by atomic mass is 32.1. The van der Waals surface area contributed by atoms with Crippen LogP contribution in [0.4, 0.5) is 5.69 Å². The maximum absolute atomic E-state index is 12.1. The van der Waals surface area contributed by atoms with Crippen LogP contribution >= 0.6 is 11.3 Å². The highest BCUT2D eigenvalue weighted by Gasteiger charge is 2.10. The number of rotatable bonds is 5. The van der Waals surface area contributed by atoms with Crippen molar-refractivity contribution in [3.8, 4) is 5.82 Å². The summed E-state index contributed by atoms with van der Waals surface area (Å²) >= 11 is 1.59. The summed E-state index contributed by atoms with van der Waals surface area (Å²) in [7, 11) is 0. The Kier molecular flexibility index (Phi) is 4.66. The van der Waals surface area contributed by atoms with E-state index < -0.39 is 0 Å². The predicted octanol–water partition coefficient (Wildman–Crippen LogP) is 2.22. The van der Waals surface area contributed by atoms with Crippen molar-refractivity contribution >= 4 is 28.8 Å². The molecule has 0 aliphatic heterocycles. The number of amides is 2. The zero-order valence-corrected chi connectivity index (χ0v) is 13.7. The van der Waals surface area contributed by atoms with Crippen molar-refractivity contribution < 1.29 is 9.59 Å². The summed E-state index contributed by atoms with van der Waals surface area (Å²) in [6, 6.07) is 7.38. The second-order valence-corrected chi connectivity index (χ2v) is 6.05. The molecule has 0 aliphatic rings. The molecule has 0 saturated heterocycles. The van der Waals surface area contributed by atoms with E-state index >= 15 is 0 Å². The van der Waals surface area contributed by atoms with Crippen molar-refractivity contribution in [2.75, 3.05) is 5.32 Å². The van der Waals surface area contributed by atoms with E-state index in [1.807, 2.05) is 17.5 Å². The van der Waals surface area contributed by atoms with Gasteiger partial charge in [0.25, 0.3) is 5.91 Å². The van der Waals surface area contributed by atoms with Gasteiger partial charge in [0.1, 0.15) is 17.8 Å². The lowest BCUT2D eigenvalue weighted by molar-refractivity contribution is -0.114. The first-order valence-electron chi connectivity index (χ1n) is 7.20. The largest absolute Gasteiger partial charge is 0.346 e. The lowest BCUT2D eigenvalue weighted by atomic mass is 10.4. The molecule has 0 spiro atoms. The maximum atomic E-state index is 12.1. The number of hydrogen-bond donors (Lipinski definition) is 2. The van der Waals surface area contributed by atoms with Crippen molar-refractivity contribution in [3.63, 3.8) is 0 Å². The molecule has 24 heavy (non-hydrogen) atoms. The minimum atomic E-state index is -0.239. The van der Waals surface area contributed by atoms with Crippen LogP contribution in [0.3, 0.4) is 0 Å². The number of nitrogens with one attached hydrogen (secondary N) is 2. The summed E-state index contributed by atoms with van der Waals surface area (Å²) in [6.07, 6.45) is 4.69. The highest BCUT2D eigenvalue weighted by Crippen LogP contribution is 2.11. The number of imidazole rings is 1.